The largest absolute Gasteiger partial charge is 0.490 e. The lowest BCUT2D eigenvalue weighted by atomic mass is 10.2. The lowest BCUT2D eigenvalue weighted by Crippen LogP contribution is -2.19. The number of nitrogens with zero attached hydrogens (tertiary/aromatic N) is 3. The molecule has 2 aromatic carbocycles. The summed E-state index contributed by atoms with van der Waals surface area (Å²) in [5.74, 6) is -1.11. The third kappa shape index (κ3) is 4.02. The van der Waals surface area contributed by atoms with Crippen molar-refractivity contribution in [3.8, 4) is 5.75 Å². The second-order valence-electron chi connectivity index (χ2n) is 6.84. The van der Waals surface area contributed by atoms with E-state index >= 15 is 0 Å². The molecule has 0 aliphatic heterocycles. The molecule has 0 amide bonds. The fourth-order valence-electron chi connectivity index (χ4n) is 3.18. The molecule has 154 valence electrons. The van der Waals surface area contributed by atoms with Crippen LogP contribution in [0.25, 0.3) is 10.2 Å². The first-order valence-corrected chi connectivity index (χ1v) is 9.89. The molecule has 0 atom stereocenters. The SMILES string of the molecule is COc1cn(Cc2cc(F)cc(F)c2)c(Nc2cc3nc(C)sc3cc2C)nc1=O. The molecule has 0 fully saturated rings. The summed E-state index contributed by atoms with van der Waals surface area (Å²) in [6.07, 6.45) is 1.46. The Kier molecular flexibility index (Phi) is 5.21. The molecule has 0 aliphatic carbocycles. The minimum Gasteiger partial charge on any atom is -0.490 e. The number of ether oxygens (including phenoxy) is 1. The Morgan fingerprint density at radius 2 is 1.83 bits per heavy atom. The molecule has 1 N–H and O–H groups in total. The van der Waals surface area contributed by atoms with Gasteiger partial charge in [-0.2, -0.15) is 4.98 Å². The minimum absolute atomic E-state index is 0.0275. The van der Waals surface area contributed by atoms with E-state index in [2.05, 4.69) is 15.3 Å². The Morgan fingerprint density at radius 3 is 2.53 bits per heavy atom. The van der Waals surface area contributed by atoms with Gasteiger partial charge in [-0.15, -0.1) is 11.3 Å². The molecule has 0 spiro atoms. The Labute approximate surface area is 174 Å². The van der Waals surface area contributed by atoms with E-state index in [1.807, 2.05) is 26.0 Å². The molecule has 6 nitrogen and oxygen atoms in total. The van der Waals surface area contributed by atoms with Gasteiger partial charge in [0.15, 0.2) is 0 Å². The Balaban J connectivity index is 1.78. The molecule has 0 saturated carbocycles. The van der Waals surface area contributed by atoms with E-state index in [1.165, 1.54) is 25.4 Å². The fourth-order valence-corrected chi connectivity index (χ4v) is 4.09. The summed E-state index contributed by atoms with van der Waals surface area (Å²) in [7, 11) is 1.36. The van der Waals surface area contributed by atoms with E-state index in [1.54, 1.807) is 15.9 Å². The number of hydrogen-bond donors (Lipinski definition) is 1. The number of benzene rings is 2. The van der Waals surface area contributed by atoms with E-state index in [0.717, 1.165) is 32.5 Å². The number of rotatable bonds is 5. The minimum atomic E-state index is -0.680. The smallest absolute Gasteiger partial charge is 0.316 e. The van der Waals surface area contributed by atoms with Crippen LogP contribution in [0.5, 0.6) is 5.75 Å². The number of halogens is 2. The summed E-state index contributed by atoms with van der Waals surface area (Å²) in [5, 5.41) is 4.11. The first kappa shape index (κ1) is 20.0. The Hall–Kier alpha value is -3.33. The Bertz CT molecular complexity index is 1300. The highest BCUT2D eigenvalue weighted by atomic mass is 32.1. The van der Waals surface area contributed by atoms with Gasteiger partial charge in [0, 0.05) is 11.8 Å². The maximum Gasteiger partial charge on any atom is 0.316 e. The van der Waals surface area contributed by atoms with Gasteiger partial charge in [-0.25, -0.2) is 13.8 Å². The van der Waals surface area contributed by atoms with Crippen molar-refractivity contribution in [2.24, 2.45) is 0 Å². The molecule has 0 aliphatic rings. The van der Waals surface area contributed by atoms with Crippen LogP contribution in [0.15, 0.2) is 41.3 Å². The first-order valence-electron chi connectivity index (χ1n) is 9.07. The van der Waals surface area contributed by atoms with Gasteiger partial charge in [-0.1, -0.05) is 0 Å². The van der Waals surface area contributed by atoms with Crippen molar-refractivity contribution in [2.45, 2.75) is 20.4 Å². The van der Waals surface area contributed by atoms with Gasteiger partial charge in [0.1, 0.15) is 11.6 Å². The van der Waals surface area contributed by atoms with Crippen molar-refractivity contribution in [3.63, 3.8) is 0 Å². The molecule has 0 radical (unpaired) electrons. The number of nitrogens with one attached hydrogen (secondary N) is 1. The maximum atomic E-state index is 13.6. The summed E-state index contributed by atoms with van der Waals surface area (Å²) in [4.78, 5) is 20.8. The quantitative estimate of drug-likeness (QED) is 0.505. The summed E-state index contributed by atoms with van der Waals surface area (Å²) in [5.41, 5.74) is 2.33. The van der Waals surface area contributed by atoms with Crippen molar-refractivity contribution in [1.82, 2.24) is 14.5 Å². The molecule has 9 heteroatoms. The topological polar surface area (TPSA) is 69.0 Å². The van der Waals surface area contributed by atoms with Gasteiger partial charge in [-0.05, 0) is 49.2 Å². The van der Waals surface area contributed by atoms with E-state index < -0.39 is 17.2 Å². The van der Waals surface area contributed by atoms with Gasteiger partial charge in [0.25, 0.3) is 0 Å². The van der Waals surface area contributed by atoms with E-state index in [9.17, 15) is 13.6 Å². The fraction of sp³-hybridized carbons (Fsp3) is 0.190. The number of hydrogen-bond acceptors (Lipinski definition) is 6. The third-order valence-corrected chi connectivity index (χ3v) is 5.48. The van der Waals surface area contributed by atoms with Gasteiger partial charge >= 0.3 is 5.56 Å². The second kappa shape index (κ2) is 7.83. The molecule has 2 heterocycles. The summed E-state index contributed by atoms with van der Waals surface area (Å²) >= 11 is 1.60. The number of aromatic nitrogens is 3. The first-order chi connectivity index (χ1) is 14.3. The molecular formula is C21H18F2N4O2S. The maximum absolute atomic E-state index is 13.6. The van der Waals surface area contributed by atoms with Crippen LogP contribution in [0.2, 0.25) is 0 Å². The predicted octanol–water partition coefficient (Wildman–Crippen LogP) is 4.55. The van der Waals surface area contributed by atoms with Crippen LogP contribution in [0.3, 0.4) is 0 Å². The normalized spacial score (nSPS) is 11.1. The number of fused-ring (bicyclic) bond motifs is 1. The van der Waals surface area contributed by atoms with Crippen LogP contribution in [0, 0.1) is 25.5 Å². The molecule has 2 aromatic heterocycles. The van der Waals surface area contributed by atoms with E-state index in [-0.39, 0.29) is 18.2 Å². The predicted molar refractivity (Wildman–Crippen MR) is 113 cm³/mol. The average molecular weight is 428 g/mol. The van der Waals surface area contributed by atoms with Gasteiger partial charge in [0.2, 0.25) is 11.7 Å². The highest BCUT2D eigenvalue weighted by molar-refractivity contribution is 7.18. The average Bonchev–Trinajstić information content (AvgIpc) is 3.02. The van der Waals surface area contributed by atoms with Crippen LogP contribution in [0.1, 0.15) is 16.1 Å². The molecule has 0 unspecified atom stereocenters. The van der Waals surface area contributed by atoms with Gasteiger partial charge in [-0.3, -0.25) is 4.79 Å². The standard InChI is InChI=1S/C21H18F2N4O2S/c1-11-4-19-17(24-12(2)30-19)8-16(11)25-21-26-20(28)18(29-3)10-27(21)9-13-5-14(22)7-15(23)6-13/h4-8,10H,9H2,1-3H3,(H,25,26,28). The van der Waals surface area contributed by atoms with Crippen LogP contribution in [-0.2, 0) is 6.54 Å². The van der Waals surface area contributed by atoms with Crippen molar-refractivity contribution < 1.29 is 13.5 Å². The highest BCUT2D eigenvalue weighted by Crippen LogP contribution is 2.29. The summed E-state index contributed by atoms with van der Waals surface area (Å²) in [6, 6.07) is 7.16. The lowest BCUT2D eigenvalue weighted by Gasteiger charge is -2.16. The van der Waals surface area contributed by atoms with E-state index in [4.69, 9.17) is 4.74 Å². The van der Waals surface area contributed by atoms with Crippen molar-refractivity contribution in [2.75, 3.05) is 12.4 Å². The van der Waals surface area contributed by atoms with Gasteiger partial charge < -0.3 is 14.6 Å². The number of thiazole rings is 1. The van der Waals surface area contributed by atoms with Crippen LogP contribution in [0.4, 0.5) is 20.4 Å². The number of anilines is 2. The van der Waals surface area contributed by atoms with Gasteiger partial charge in [0.05, 0.1) is 35.1 Å². The Morgan fingerprint density at radius 1 is 1.10 bits per heavy atom. The van der Waals surface area contributed by atoms with Crippen LogP contribution < -0.4 is 15.6 Å². The molecule has 30 heavy (non-hydrogen) atoms. The zero-order chi connectivity index (χ0) is 21.4. The third-order valence-electron chi connectivity index (χ3n) is 4.55. The zero-order valence-corrected chi connectivity index (χ0v) is 17.3. The molecule has 4 rings (SSSR count). The lowest BCUT2D eigenvalue weighted by molar-refractivity contribution is 0.402. The number of methoxy groups -OCH3 is 1. The molecular weight excluding hydrogens is 410 g/mol. The summed E-state index contributed by atoms with van der Waals surface area (Å²) < 4.78 is 35.0. The van der Waals surface area contributed by atoms with Crippen LogP contribution >= 0.6 is 11.3 Å². The highest BCUT2D eigenvalue weighted by Gasteiger charge is 2.13. The van der Waals surface area contributed by atoms with Crippen molar-refractivity contribution in [1.29, 1.82) is 0 Å². The number of aryl methyl sites for hydroxylation is 2. The van der Waals surface area contributed by atoms with Crippen molar-refractivity contribution >= 4 is 33.2 Å². The molecule has 0 saturated heterocycles. The van der Waals surface area contributed by atoms with E-state index in [0.29, 0.717) is 5.56 Å². The zero-order valence-electron chi connectivity index (χ0n) is 16.5. The van der Waals surface area contributed by atoms with Crippen molar-refractivity contribution in [3.05, 3.63) is 74.7 Å². The molecule has 0 bridgehead atoms. The monoisotopic (exact) mass is 428 g/mol. The second-order valence-corrected chi connectivity index (χ2v) is 8.07. The van der Waals surface area contributed by atoms with Crippen LogP contribution in [-0.4, -0.2) is 21.6 Å². The molecule has 4 aromatic rings. The summed E-state index contributed by atoms with van der Waals surface area (Å²) in [6.45, 7) is 3.95.